The molecule has 2 heteroatoms. The predicted octanol–water partition coefficient (Wildman–Crippen LogP) is 2.65. The maximum Gasteiger partial charge on any atom is 0.103 e. The van der Waals surface area contributed by atoms with Gasteiger partial charge in [0.2, 0.25) is 0 Å². The van der Waals surface area contributed by atoms with E-state index in [-0.39, 0.29) is 12.3 Å². The van der Waals surface area contributed by atoms with Gasteiger partial charge in [0.05, 0.1) is 0 Å². The molecule has 1 aliphatic carbocycles. The lowest BCUT2D eigenvalue weighted by atomic mass is 9.87. The van der Waals surface area contributed by atoms with Crippen LogP contribution in [0, 0.1) is 5.92 Å². The van der Waals surface area contributed by atoms with Gasteiger partial charge in [-0.3, -0.25) is 0 Å². The lowest BCUT2D eigenvalue weighted by Crippen LogP contribution is -2.23. The van der Waals surface area contributed by atoms with Crippen molar-refractivity contribution in [2.75, 3.05) is 0 Å². The first-order valence-corrected chi connectivity index (χ1v) is 3.63. The van der Waals surface area contributed by atoms with Gasteiger partial charge in [-0.1, -0.05) is 6.08 Å². The highest BCUT2D eigenvalue weighted by Crippen LogP contribution is 2.28. The summed E-state index contributed by atoms with van der Waals surface area (Å²) in [6.07, 6.45) is 0.759. The van der Waals surface area contributed by atoms with Crippen LogP contribution in [0.15, 0.2) is 12.7 Å². The third kappa shape index (κ3) is 1.79. The van der Waals surface area contributed by atoms with Gasteiger partial charge in [-0.2, -0.15) is 0 Å². The van der Waals surface area contributed by atoms with Crippen molar-refractivity contribution in [3.05, 3.63) is 12.7 Å². The Morgan fingerprint density at radius 2 is 1.60 bits per heavy atom. The van der Waals surface area contributed by atoms with Crippen molar-refractivity contribution in [1.82, 2.24) is 0 Å². The largest absolute Gasteiger partial charge is 0.247 e. The minimum Gasteiger partial charge on any atom is -0.247 e. The van der Waals surface area contributed by atoms with E-state index in [4.69, 9.17) is 0 Å². The summed E-state index contributed by atoms with van der Waals surface area (Å²) >= 11 is 0. The number of rotatable bonds is 1. The Morgan fingerprint density at radius 1 is 1.10 bits per heavy atom. The Balaban J connectivity index is 2.42. The molecule has 0 N–H and O–H groups in total. The van der Waals surface area contributed by atoms with E-state index in [2.05, 4.69) is 6.58 Å². The van der Waals surface area contributed by atoms with Crippen molar-refractivity contribution in [2.24, 2.45) is 5.92 Å². The molecule has 0 aromatic carbocycles. The smallest absolute Gasteiger partial charge is 0.103 e. The van der Waals surface area contributed by atoms with Gasteiger partial charge in [-0.25, -0.2) is 8.78 Å². The van der Waals surface area contributed by atoms with Crippen LogP contribution in [0.2, 0.25) is 0 Å². The van der Waals surface area contributed by atoms with Crippen LogP contribution in [0.5, 0.6) is 0 Å². The summed E-state index contributed by atoms with van der Waals surface area (Å²) in [4.78, 5) is 0. The van der Waals surface area contributed by atoms with Crippen molar-refractivity contribution < 1.29 is 8.78 Å². The molecule has 2 atom stereocenters. The van der Waals surface area contributed by atoms with Gasteiger partial charge in [0.25, 0.3) is 0 Å². The maximum absolute atomic E-state index is 12.6. The summed E-state index contributed by atoms with van der Waals surface area (Å²) in [5, 5.41) is 0. The van der Waals surface area contributed by atoms with Crippen LogP contribution in [-0.4, -0.2) is 12.3 Å². The van der Waals surface area contributed by atoms with Gasteiger partial charge in [0.15, 0.2) is 0 Å². The average Bonchev–Trinajstić information content (AvgIpc) is 1.85. The minimum absolute atomic E-state index is 0.0544. The molecule has 2 unspecified atom stereocenters. The first-order valence-electron chi connectivity index (χ1n) is 3.63. The summed E-state index contributed by atoms with van der Waals surface area (Å²) in [5.74, 6) is 0.0544. The van der Waals surface area contributed by atoms with Gasteiger partial charge < -0.3 is 0 Å². The van der Waals surface area contributed by atoms with E-state index in [1.807, 2.05) is 0 Å². The first kappa shape index (κ1) is 7.70. The van der Waals surface area contributed by atoms with Gasteiger partial charge >= 0.3 is 0 Å². The van der Waals surface area contributed by atoms with Crippen molar-refractivity contribution in [1.29, 1.82) is 0 Å². The Bertz CT molecular complexity index is 112. The second-order valence-corrected chi connectivity index (χ2v) is 2.90. The summed E-state index contributed by atoms with van der Waals surface area (Å²) < 4.78 is 25.2. The van der Waals surface area contributed by atoms with Crippen molar-refractivity contribution in [3.63, 3.8) is 0 Å². The van der Waals surface area contributed by atoms with E-state index in [1.54, 1.807) is 6.08 Å². The van der Waals surface area contributed by atoms with E-state index in [0.717, 1.165) is 0 Å². The highest BCUT2D eigenvalue weighted by molar-refractivity contribution is 4.88. The fraction of sp³-hybridized carbons (Fsp3) is 0.750. The Labute approximate surface area is 59.9 Å². The number of allylic oxidation sites excluding steroid dienone is 1. The van der Waals surface area contributed by atoms with Crippen molar-refractivity contribution >= 4 is 0 Å². The number of hydrogen-bond acceptors (Lipinski definition) is 0. The second-order valence-electron chi connectivity index (χ2n) is 2.90. The van der Waals surface area contributed by atoms with Crippen LogP contribution in [0.4, 0.5) is 8.78 Å². The summed E-state index contributed by atoms with van der Waals surface area (Å²) in [5.41, 5.74) is 0. The van der Waals surface area contributed by atoms with Gasteiger partial charge in [0.1, 0.15) is 12.3 Å². The number of alkyl halides is 2. The quantitative estimate of drug-likeness (QED) is 0.499. The van der Waals surface area contributed by atoms with Crippen LogP contribution >= 0.6 is 0 Å². The van der Waals surface area contributed by atoms with Crippen molar-refractivity contribution in [3.8, 4) is 0 Å². The van der Waals surface area contributed by atoms with E-state index in [0.29, 0.717) is 12.8 Å². The normalized spacial score (nSPS) is 41.2. The molecule has 0 saturated heterocycles. The standard InChI is InChI=1S/C8H12F2/c1-2-6-3-7(9)5-8(10)4-6/h2,6-8H,1,3-5H2. The summed E-state index contributed by atoms with van der Waals surface area (Å²) in [6, 6.07) is 0. The third-order valence-corrected chi connectivity index (χ3v) is 1.96. The van der Waals surface area contributed by atoms with Gasteiger partial charge in [0, 0.05) is 6.42 Å². The number of halogens is 2. The highest BCUT2D eigenvalue weighted by Gasteiger charge is 2.26. The van der Waals surface area contributed by atoms with Crippen LogP contribution < -0.4 is 0 Å². The molecule has 0 radical (unpaired) electrons. The average molecular weight is 146 g/mol. The van der Waals surface area contributed by atoms with Crippen LogP contribution in [0.1, 0.15) is 19.3 Å². The summed E-state index contributed by atoms with van der Waals surface area (Å²) in [6.45, 7) is 3.52. The van der Waals surface area contributed by atoms with Crippen LogP contribution in [0.3, 0.4) is 0 Å². The fourth-order valence-electron chi connectivity index (χ4n) is 1.42. The zero-order chi connectivity index (χ0) is 7.56. The SMILES string of the molecule is C=CC1CC(F)CC(F)C1. The lowest BCUT2D eigenvalue weighted by Gasteiger charge is -2.24. The van der Waals surface area contributed by atoms with Gasteiger partial charge in [-0.05, 0) is 18.8 Å². The van der Waals surface area contributed by atoms with Crippen molar-refractivity contribution in [2.45, 2.75) is 31.6 Å². The molecule has 10 heavy (non-hydrogen) atoms. The Morgan fingerprint density at radius 3 is 2.00 bits per heavy atom. The van der Waals surface area contributed by atoms with Crippen LogP contribution in [0.25, 0.3) is 0 Å². The maximum atomic E-state index is 12.6. The minimum atomic E-state index is -0.952. The fourth-order valence-corrected chi connectivity index (χ4v) is 1.42. The second kappa shape index (κ2) is 3.13. The Kier molecular flexibility index (Phi) is 2.41. The van der Waals surface area contributed by atoms with E-state index in [9.17, 15) is 8.78 Å². The molecule has 1 saturated carbocycles. The molecule has 0 aromatic rings. The molecule has 0 heterocycles. The summed E-state index contributed by atoms with van der Waals surface area (Å²) in [7, 11) is 0. The molecule has 0 spiro atoms. The molecular formula is C8H12F2. The molecule has 1 rings (SSSR count). The monoisotopic (exact) mass is 146 g/mol. The molecule has 58 valence electrons. The van der Waals surface area contributed by atoms with E-state index in [1.165, 1.54) is 0 Å². The molecule has 0 aromatic heterocycles. The number of hydrogen-bond donors (Lipinski definition) is 0. The Hall–Kier alpha value is -0.400. The molecule has 1 aliphatic rings. The molecular weight excluding hydrogens is 134 g/mol. The van der Waals surface area contributed by atoms with E-state index >= 15 is 0 Å². The predicted molar refractivity (Wildman–Crippen MR) is 37.3 cm³/mol. The molecule has 0 aliphatic heterocycles. The van der Waals surface area contributed by atoms with Crippen LogP contribution in [-0.2, 0) is 0 Å². The third-order valence-electron chi connectivity index (χ3n) is 1.96. The first-order chi connectivity index (χ1) is 4.72. The topological polar surface area (TPSA) is 0 Å². The lowest BCUT2D eigenvalue weighted by molar-refractivity contribution is 0.133. The molecule has 1 fully saturated rings. The molecule has 0 nitrogen and oxygen atoms in total. The van der Waals surface area contributed by atoms with Gasteiger partial charge in [-0.15, -0.1) is 6.58 Å². The molecule has 0 amide bonds. The van der Waals surface area contributed by atoms with E-state index < -0.39 is 12.3 Å². The highest BCUT2D eigenvalue weighted by atomic mass is 19.1. The zero-order valence-corrected chi connectivity index (χ0v) is 5.89. The zero-order valence-electron chi connectivity index (χ0n) is 5.89. The molecule has 0 bridgehead atoms.